The number of thiazole rings is 1. The molecule has 0 spiro atoms. The van der Waals surface area contributed by atoms with Gasteiger partial charge in [-0.15, -0.1) is 11.3 Å². The lowest BCUT2D eigenvalue weighted by Gasteiger charge is -2.01. The number of hydrogen-bond acceptors (Lipinski definition) is 4. The van der Waals surface area contributed by atoms with Gasteiger partial charge in [-0.3, -0.25) is 4.98 Å². The molecule has 0 amide bonds. The first-order valence-electron chi connectivity index (χ1n) is 5.91. The van der Waals surface area contributed by atoms with Crippen LogP contribution in [0.1, 0.15) is 25.3 Å². The number of unbranched alkanes of at least 4 members (excludes halogenated alkanes) is 1. The molecule has 90 valence electrons. The molecule has 0 atom stereocenters. The molecule has 1 N–H and O–H groups in total. The van der Waals surface area contributed by atoms with Crippen LogP contribution in [0.2, 0.25) is 0 Å². The SMILES string of the molecule is CCCCNc1nc(-c2cnccc2C)cs1. The minimum absolute atomic E-state index is 0.996. The molecule has 3 nitrogen and oxygen atoms in total. The zero-order valence-corrected chi connectivity index (χ0v) is 11.0. The molecule has 0 aliphatic carbocycles. The fraction of sp³-hybridized carbons (Fsp3) is 0.385. The lowest BCUT2D eigenvalue weighted by atomic mass is 10.1. The summed E-state index contributed by atoms with van der Waals surface area (Å²) in [6.45, 7) is 5.27. The summed E-state index contributed by atoms with van der Waals surface area (Å²) in [7, 11) is 0. The van der Waals surface area contributed by atoms with Gasteiger partial charge in [0.25, 0.3) is 0 Å². The van der Waals surface area contributed by atoms with E-state index >= 15 is 0 Å². The van der Waals surface area contributed by atoms with Gasteiger partial charge in [-0.25, -0.2) is 4.98 Å². The highest BCUT2D eigenvalue weighted by molar-refractivity contribution is 7.14. The van der Waals surface area contributed by atoms with E-state index in [2.05, 4.69) is 34.5 Å². The average Bonchev–Trinajstić information content (AvgIpc) is 2.79. The van der Waals surface area contributed by atoms with Gasteiger partial charge in [0.2, 0.25) is 0 Å². The summed E-state index contributed by atoms with van der Waals surface area (Å²) in [5.74, 6) is 0. The highest BCUT2D eigenvalue weighted by Crippen LogP contribution is 2.26. The van der Waals surface area contributed by atoms with Crippen molar-refractivity contribution in [1.29, 1.82) is 0 Å². The monoisotopic (exact) mass is 247 g/mol. The van der Waals surface area contributed by atoms with Crippen LogP contribution in [0.3, 0.4) is 0 Å². The smallest absolute Gasteiger partial charge is 0.183 e. The fourth-order valence-electron chi connectivity index (χ4n) is 1.58. The van der Waals surface area contributed by atoms with Crippen LogP contribution in [-0.4, -0.2) is 16.5 Å². The van der Waals surface area contributed by atoms with Crippen LogP contribution in [0.25, 0.3) is 11.3 Å². The molecule has 0 saturated carbocycles. The zero-order valence-electron chi connectivity index (χ0n) is 10.2. The summed E-state index contributed by atoms with van der Waals surface area (Å²) in [5.41, 5.74) is 3.34. The van der Waals surface area contributed by atoms with Crippen molar-refractivity contribution in [2.75, 3.05) is 11.9 Å². The number of aryl methyl sites for hydroxylation is 1. The van der Waals surface area contributed by atoms with Crippen LogP contribution in [0.15, 0.2) is 23.8 Å². The summed E-state index contributed by atoms with van der Waals surface area (Å²) in [5, 5.41) is 6.42. The first-order valence-corrected chi connectivity index (χ1v) is 6.79. The second-order valence-corrected chi connectivity index (χ2v) is 4.87. The Kier molecular flexibility index (Phi) is 4.09. The third kappa shape index (κ3) is 3.03. The normalized spacial score (nSPS) is 10.5. The van der Waals surface area contributed by atoms with Gasteiger partial charge in [0.15, 0.2) is 5.13 Å². The van der Waals surface area contributed by atoms with E-state index in [9.17, 15) is 0 Å². The summed E-state index contributed by atoms with van der Waals surface area (Å²) >= 11 is 1.65. The second kappa shape index (κ2) is 5.77. The molecule has 0 aromatic carbocycles. The Balaban J connectivity index is 2.10. The molecule has 2 aromatic heterocycles. The molecule has 0 aliphatic rings. The van der Waals surface area contributed by atoms with Crippen molar-refractivity contribution >= 4 is 16.5 Å². The van der Waals surface area contributed by atoms with Gasteiger partial charge in [-0.05, 0) is 25.0 Å². The topological polar surface area (TPSA) is 37.8 Å². The minimum Gasteiger partial charge on any atom is -0.362 e. The number of nitrogens with one attached hydrogen (secondary N) is 1. The van der Waals surface area contributed by atoms with Crippen molar-refractivity contribution in [3.63, 3.8) is 0 Å². The van der Waals surface area contributed by atoms with Crippen LogP contribution in [0.5, 0.6) is 0 Å². The molecule has 2 rings (SSSR count). The maximum atomic E-state index is 4.58. The maximum Gasteiger partial charge on any atom is 0.183 e. The molecule has 2 aromatic rings. The Morgan fingerprint density at radius 2 is 2.29 bits per heavy atom. The van der Waals surface area contributed by atoms with Crippen molar-refractivity contribution < 1.29 is 0 Å². The van der Waals surface area contributed by atoms with Crippen molar-refractivity contribution in [1.82, 2.24) is 9.97 Å². The summed E-state index contributed by atoms with van der Waals surface area (Å²) in [6, 6.07) is 2.01. The van der Waals surface area contributed by atoms with Gasteiger partial charge in [0, 0.05) is 29.9 Å². The largest absolute Gasteiger partial charge is 0.362 e. The molecular formula is C13H17N3S. The van der Waals surface area contributed by atoms with Crippen molar-refractivity contribution in [2.45, 2.75) is 26.7 Å². The summed E-state index contributed by atoms with van der Waals surface area (Å²) in [6.07, 6.45) is 6.07. The van der Waals surface area contributed by atoms with E-state index in [0.717, 1.165) is 22.9 Å². The van der Waals surface area contributed by atoms with Crippen LogP contribution < -0.4 is 5.32 Å². The van der Waals surface area contributed by atoms with E-state index < -0.39 is 0 Å². The molecule has 0 unspecified atom stereocenters. The number of rotatable bonds is 5. The van der Waals surface area contributed by atoms with Gasteiger partial charge in [0.05, 0.1) is 5.69 Å². The molecule has 2 heterocycles. The van der Waals surface area contributed by atoms with E-state index in [1.54, 1.807) is 11.3 Å². The summed E-state index contributed by atoms with van der Waals surface area (Å²) < 4.78 is 0. The highest BCUT2D eigenvalue weighted by Gasteiger charge is 2.06. The van der Waals surface area contributed by atoms with Gasteiger partial charge < -0.3 is 5.32 Å². The zero-order chi connectivity index (χ0) is 12.1. The standard InChI is InChI=1S/C13H17N3S/c1-3-4-6-15-13-16-12(9-17-13)11-8-14-7-5-10(11)2/h5,7-9H,3-4,6H2,1-2H3,(H,15,16). The first-order chi connectivity index (χ1) is 8.31. The van der Waals surface area contributed by atoms with Gasteiger partial charge in [-0.1, -0.05) is 13.3 Å². The van der Waals surface area contributed by atoms with Crippen LogP contribution >= 0.6 is 11.3 Å². The van der Waals surface area contributed by atoms with E-state index in [-0.39, 0.29) is 0 Å². The van der Waals surface area contributed by atoms with Gasteiger partial charge >= 0.3 is 0 Å². The fourth-order valence-corrected chi connectivity index (χ4v) is 2.32. The predicted octanol–water partition coefficient (Wildman–Crippen LogP) is 3.73. The van der Waals surface area contributed by atoms with Gasteiger partial charge in [0.1, 0.15) is 0 Å². The lowest BCUT2D eigenvalue weighted by Crippen LogP contribution is -2.00. The van der Waals surface area contributed by atoms with Crippen LogP contribution in [-0.2, 0) is 0 Å². The average molecular weight is 247 g/mol. The minimum atomic E-state index is 0.996. The number of hydrogen-bond donors (Lipinski definition) is 1. The third-order valence-electron chi connectivity index (χ3n) is 2.63. The van der Waals surface area contributed by atoms with Crippen molar-refractivity contribution in [2.24, 2.45) is 0 Å². The predicted molar refractivity (Wildman–Crippen MR) is 73.5 cm³/mol. The van der Waals surface area contributed by atoms with Crippen LogP contribution in [0.4, 0.5) is 5.13 Å². The first kappa shape index (κ1) is 12.0. The van der Waals surface area contributed by atoms with Crippen LogP contribution in [0, 0.1) is 6.92 Å². The Bertz CT molecular complexity index is 479. The Morgan fingerprint density at radius 3 is 3.06 bits per heavy atom. The number of pyridine rings is 1. The van der Waals surface area contributed by atoms with Crippen molar-refractivity contribution in [3.8, 4) is 11.3 Å². The molecule has 0 aliphatic heterocycles. The number of aromatic nitrogens is 2. The van der Waals surface area contributed by atoms with Gasteiger partial charge in [-0.2, -0.15) is 0 Å². The van der Waals surface area contributed by atoms with Crippen molar-refractivity contribution in [3.05, 3.63) is 29.4 Å². The van der Waals surface area contributed by atoms with E-state index in [0.29, 0.717) is 0 Å². The maximum absolute atomic E-state index is 4.58. The number of nitrogens with zero attached hydrogens (tertiary/aromatic N) is 2. The molecule has 0 saturated heterocycles. The summed E-state index contributed by atoms with van der Waals surface area (Å²) in [4.78, 5) is 8.73. The molecule has 0 fully saturated rings. The Hall–Kier alpha value is -1.42. The van der Waals surface area contributed by atoms with E-state index in [1.807, 2.05) is 18.5 Å². The van der Waals surface area contributed by atoms with E-state index in [1.165, 1.54) is 18.4 Å². The molecule has 0 radical (unpaired) electrons. The lowest BCUT2D eigenvalue weighted by molar-refractivity contribution is 0.833. The van der Waals surface area contributed by atoms with E-state index in [4.69, 9.17) is 0 Å². The second-order valence-electron chi connectivity index (χ2n) is 4.01. The Labute approximate surface area is 106 Å². The molecular weight excluding hydrogens is 230 g/mol. The number of anilines is 1. The quantitative estimate of drug-likeness (QED) is 0.818. The molecule has 4 heteroatoms. The molecule has 0 bridgehead atoms. The molecule has 17 heavy (non-hydrogen) atoms. The Morgan fingerprint density at radius 1 is 1.41 bits per heavy atom. The third-order valence-corrected chi connectivity index (χ3v) is 3.43. The highest BCUT2D eigenvalue weighted by atomic mass is 32.1.